The van der Waals surface area contributed by atoms with E-state index in [1.54, 1.807) is 0 Å². The van der Waals surface area contributed by atoms with E-state index in [9.17, 15) is 0 Å². The number of hydrogen-bond donors (Lipinski definition) is 1. The zero-order valence-corrected chi connectivity index (χ0v) is 18.7. The average Bonchev–Trinajstić information content (AvgIpc) is 2.70. The SMILES string of the molecule is CCNC(=NCc1nccc2ccccc12)N(C)CCC1CCOCC1.I. The lowest BCUT2D eigenvalue weighted by molar-refractivity contribution is 0.0625. The molecule has 0 bridgehead atoms. The number of nitrogens with zero attached hydrogens (tertiary/aromatic N) is 3. The van der Waals surface area contributed by atoms with Crippen molar-refractivity contribution in [1.82, 2.24) is 15.2 Å². The topological polar surface area (TPSA) is 49.8 Å². The third kappa shape index (κ3) is 6.31. The normalized spacial score (nSPS) is 15.4. The summed E-state index contributed by atoms with van der Waals surface area (Å²) in [6, 6.07) is 10.4. The van der Waals surface area contributed by atoms with Gasteiger partial charge in [-0.15, -0.1) is 24.0 Å². The predicted octanol–water partition coefficient (Wildman–Crippen LogP) is 4.07. The maximum absolute atomic E-state index is 5.46. The Kier molecular flexibility index (Phi) is 9.27. The van der Waals surface area contributed by atoms with Gasteiger partial charge in [0.1, 0.15) is 0 Å². The Morgan fingerprint density at radius 3 is 2.81 bits per heavy atom. The van der Waals surface area contributed by atoms with Gasteiger partial charge in [0.2, 0.25) is 0 Å². The van der Waals surface area contributed by atoms with Gasteiger partial charge in [-0.2, -0.15) is 0 Å². The Hall–Kier alpha value is -1.41. The lowest BCUT2D eigenvalue weighted by Crippen LogP contribution is -2.40. The van der Waals surface area contributed by atoms with Crippen LogP contribution in [-0.2, 0) is 11.3 Å². The van der Waals surface area contributed by atoms with E-state index in [-0.39, 0.29) is 24.0 Å². The molecule has 0 saturated carbocycles. The number of pyridine rings is 1. The van der Waals surface area contributed by atoms with Gasteiger partial charge in [0.25, 0.3) is 0 Å². The first-order valence-electron chi connectivity index (χ1n) is 9.67. The van der Waals surface area contributed by atoms with Crippen molar-refractivity contribution >= 4 is 40.7 Å². The third-order valence-corrected chi connectivity index (χ3v) is 5.04. The van der Waals surface area contributed by atoms with Crippen molar-refractivity contribution in [2.24, 2.45) is 10.9 Å². The first-order chi connectivity index (χ1) is 12.8. The summed E-state index contributed by atoms with van der Waals surface area (Å²) in [5.41, 5.74) is 1.02. The third-order valence-electron chi connectivity index (χ3n) is 5.04. The highest BCUT2D eigenvalue weighted by molar-refractivity contribution is 14.0. The summed E-state index contributed by atoms with van der Waals surface area (Å²) >= 11 is 0. The van der Waals surface area contributed by atoms with E-state index >= 15 is 0 Å². The van der Waals surface area contributed by atoms with Crippen LogP contribution >= 0.6 is 24.0 Å². The second-order valence-corrected chi connectivity index (χ2v) is 6.91. The van der Waals surface area contributed by atoms with E-state index in [0.29, 0.717) is 6.54 Å². The van der Waals surface area contributed by atoms with Crippen LogP contribution in [0.25, 0.3) is 10.8 Å². The highest BCUT2D eigenvalue weighted by atomic mass is 127. The molecule has 1 aromatic heterocycles. The largest absolute Gasteiger partial charge is 0.381 e. The van der Waals surface area contributed by atoms with Crippen LogP contribution in [0.4, 0.5) is 0 Å². The van der Waals surface area contributed by atoms with Crippen LogP contribution in [0.5, 0.6) is 0 Å². The number of hydrogen-bond acceptors (Lipinski definition) is 3. The Morgan fingerprint density at radius 1 is 1.26 bits per heavy atom. The standard InChI is InChI=1S/C21H30N4O.HI/c1-3-22-21(25(2)13-9-17-10-14-26-15-11-17)24-16-20-19-7-5-4-6-18(19)8-12-23-20;/h4-8,12,17H,3,9-11,13-16H2,1-2H3,(H,22,24);1H. The minimum atomic E-state index is 0. The summed E-state index contributed by atoms with van der Waals surface area (Å²) in [4.78, 5) is 11.6. The van der Waals surface area contributed by atoms with Gasteiger partial charge in [0, 0.05) is 44.9 Å². The molecule has 1 fully saturated rings. The number of nitrogens with one attached hydrogen (secondary N) is 1. The molecule has 6 heteroatoms. The molecule has 0 radical (unpaired) electrons. The number of halogens is 1. The number of ether oxygens (including phenoxy) is 1. The lowest BCUT2D eigenvalue weighted by atomic mass is 9.96. The molecule has 1 saturated heterocycles. The van der Waals surface area contributed by atoms with Gasteiger partial charge in [-0.3, -0.25) is 4.98 Å². The summed E-state index contributed by atoms with van der Waals surface area (Å²) in [6.45, 7) is 6.40. The molecule has 148 valence electrons. The Bertz CT molecular complexity index is 726. The van der Waals surface area contributed by atoms with Crippen molar-refractivity contribution < 1.29 is 4.74 Å². The van der Waals surface area contributed by atoms with E-state index < -0.39 is 0 Å². The number of aliphatic imine (C=N–C) groups is 1. The molecule has 1 aliphatic rings. The number of rotatable bonds is 6. The number of aromatic nitrogens is 1. The molecule has 2 aromatic rings. The van der Waals surface area contributed by atoms with Crippen LogP contribution in [-0.4, -0.2) is 49.2 Å². The second kappa shape index (κ2) is 11.4. The monoisotopic (exact) mass is 482 g/mol. The minimum Gasteiger partial charge on any atom is -0.381 e. The molecule has 2 heterocycles. The van der Waals surface area contributed by atoms with Crippen LogP contribution in [0.15, 0.2) is 41.5 Å². The highest BCUT2D eigenvalue weighted by Gasteiger charge is 2.15. The van der Waals surface area contributed by atoms with Crippen molar-refractivity contribution in [3.63, 3.8) is 0 Å². The van der Waals surface area contributed by atoms with Gasteiger partial charge in [-0.05, 0) is 43.6 Å². The summed E-state index contributed by atoms with van der Waals surface area (Å²) in [5.74, 6) is 1.73. The zero-order chi connectivity index (χ0) is 18.2. The van der Waals surface area contributed by atoms with E-state index in [1.165, 1.54) is 30.0 Å². The second-order valence-electron chi connectivity index (χ2n) is 6.91. The molecule has 5 nitrogen and oxygen atoms in total. The molecular weight excluding hydrogens is 451 g/mol. The van der Waals surface area contributed by atoms with Crippen LogP contribution < -0.4 is 5.32 Å². The Morgan fingerprint density at radius 2 is 2.04 bits per heavy atom. The Balaban J connectivity index is 0.00000261. The molecule has 1 aliphatic heterocycles. The molecule has 27 heavy (non-hydrogen) atoms. The van der Waals surface area contributed by atoms with Crippen molar-refractivity contribution in [2.75, 3.05) is 33.4 Å². The van der Waals surface area contributed by atoms with Gasteiger partial charge in [-0.25, -0.2) is 4.99 Å². The maximum Gasteiger partial charge on any atom is 0.194 e. The fraction of sp³-hybridized carbons (Fsp3) is 0.524. The molecule has 0 aliphatic carbocycles. The lowest BCUT2D eigenvalue weighted by Gasteiger charge is -2.26. The van der Waals surface area contributed by atoms with Crippen LogP contribution in [0, 0.1) is 5.92 Å². The summed E-state index contributed by atoms with van der Waals surface area (Å²) in [6.07, 6.45) is 5.43. The van der Waals surface area contributed by atoms with Gasteiger partial charge >= 0.3 is 0 Å². The van der Waals surface area contributed by atoms with E-state index in [2.05, 4.69) is 53.4 Å². The Labute approximate surface area is 179 Å². The molecule has 0 amide bonds. The number of guanidine groups is 1. The van der Waals surface area contributed by atoms with E-state index in [1.807, 2.05) is 12.3 Å². The van der Waals surface area contributed by atoms with Crippen molar-refractivity contribution in [3.8, 4) is 0 Å². The molecule has 1 aromatic carbocycles. The maximum atomic E-state index is 5.46. The minimum absolute atomic E-state index is 0. The molecule has 3 rings (SSSR count). The van der Waals surface area contributed by atoms with Crippen LogP contribution in [0.2, 0.25) is 0 Å². The average molecular weight is 482 g/mol. The quantitative estimate of drug-likeness (QED) is 0.383. The summed E-state index contributed by atoms with van der Waals surface area (Å²) in [5, 5.41) is 5.81. The first-order valence-corrected chi connectivity index (χ1v) is 9.67. The van der Waals surface area contributed by atoms with Gasteiger partial charge in [0.15, 0.2) is 5.96 Å². The van der Waals surface area contributed by atoms with Gasteiger partial charge in [-0.1, -0.05) is 24.3 Å². The van der Waals surface area contributed by atoms with Crippen molar-refractivity contribution in [3.05, 3.63) is 42.2 Å². The molecule has 1 N–H and O–H groups in total. The zero-order valence-electron chi connectivity index (χ0n) is 16.4. The summed E-state index contributed by atoms with van der Waals surface area (Å²) < 4.78 is 5.46. The molecule has 0 atom stereocenters. The van der Waals surface area contributed by atoms with Crippen molar-refractivity contribution in [1.29, 1.82) is 0 Å². The van der Waals surface area contributed by atoms with Crippen LogP contribution in [0.1, 0.15) is 31.9 Å². The highest BCUT2D eigenvalue weighted by Crippen LogP contribution is 2.19. The van der Waals surface area contributed by atoms with E-state index in [0.717, 1.165) is 43.9 Å². The number of benzene rings is 1. The molecular formula is C21H31IN4O. The molecule has 0 unspecified atom stereocenters. The van der Waals surface area contributed by atoms with E-state index in [4.69, 9.17) is 9.73 Å². The summed E-state index contributed by atoms with van der Waals surface area (Å²) in [7, 11) is 2.12. The fourth-order valence-corrected chi connectivity index (χ4v) is 3.44. The number of fused-ring (bicyclic) bond motifs is 1. The predicted molar refractivity (Wildman–Crippen MR) is 123 cm³/mol. The van der Waals surface area contributed by atoms with Gasteiger partial charge in [0.05, 0.1) is 12.2 Å². The smallest absolute Gasteiger partial charge is 0.194 e. The van der Waals surface area contributed by atoms with Gasteiger partial charge < -0.3 is 15.0 Å². The fourth-order valence-electron chi connectivity index (χ4n) is 3.44. The first kappa shape index (κ1) is 21.9. The molecule has 0 spiro atoms. The van der Waals surface area contributed by atoms with Crippen molar-refractivity contribution in [2.45, 2.75) is 32.7 Å². The van der Waals surface area contributed by atoms with Crippen LogP contribution in [0.3, 0.4) is 0 Å².